The number of halogens is 3. The lowest BCUT2D eigenvalue weighted by molar-refractivity contribution is -0.141. The molecule has 0 amide bonds. The molecule has 0 saturated carbocycles. The Labute approximate surface area is 150 Å². The second-order valence-electron chi connectivity index (χ2n) is 6.48. The van der Waals surface area contributed by atoms with Crippen LogP contribution in [0.1, 0.15) is 35.5 Å². The van der Waals surface area contributed by atoms with Crippen LogP contribution in [0.5, 0.6) is 11.5 Å². The van der Waals surface area contributed by atoms with Crippen LogP contribution < -0.4 is 20.7 Å². The summed E-state index contributed by atoms with van der Waals surface area (Å²) in [5.74, 6) is 0.0541. The third kappa shape index (κ3) is 3.11. The van der Waals surface area contributed by atoms with E-state index >= 15 is 0 Å². The van der Waals surface area contributed by atoms with Gasteiger partial charge in [-0.15, -0.1) is 0 Å². The van der Waals surface area contributed by atoms with Gasteiger partial charge in [0.25, 0.3) is 5.56 Å². The molecule has 1 aliphatic rings. The molecule has 0 radical (unpaired) electrons. The van der Waals surface area contributed by atoms with E-state index in [2.05, 4.69) is 0 Å². The van der Waals surface area contributed by atoms with E-state index in [0.29, 0.717) is 10.6 Å². The van der Waals surface area contributed by atoms with Crippen molar-refractivity contribution < 1.29 is 27.4 Å². The molecular formula is C17H15F3N2O5. The van der Waals surface area contributed by atoms with Crippen molar-refractivity contribution >= 4 is 5.78 Å². The van der Waals surface area contributed by atoms with Gasteiger partial charge in [0.05, 0.1) is 13.7 Å². The minimum absolute atomic E-state index is 0.135. The average Bonchev–Trinajstić information content (AvgIpc) is 2.80. The predicted octanol–water partition coefficient (Wildman–Crippen LogP) is 1.97. The third-order valence-electron chi connectivity index (χ3n) is 4.21. The predicted molar refractivity (Wildman–Crippen MR) is 87.5 cm³/mol. The van der Waals surface area contributed by atoms with E-state index in [1.165, 1.54) is 19.2 Å². The monoisotopic (exact) mass is 384 g/mol. The molecule has 10 heteroatoms. The fourth-order valence-electron chi connectivity index (χ4n) is 2.83. The molecule has 0 bridgehead atoms. The number of Topliss-reactive ketones (excluding diaryl/α,β-unsaturated/α-hetero) is 1. The molecule has 2 heterocycles. The van der Waals surface area contributed by atoms with Crippen LogP contribution in [0.25, 0.3) is 0 Å². The Morgan fingerprint density at radius 1 is 1.22 bits per heavy atom. The van der Waals surface area contributed by atoms with Gasteiger partial charge in [-0.25, -0.2) is 4.79 Å². The number of nitrogens with zero attached hydrogens (tertiary/aromatic N) is 1. The molecule has 0 unspecified atom stereocenters. The summed E-state index contributed by atoms with van der Waals surface area (Å²) in [6, 6.07) is 3.26. The Balaban J connectivity index is 2.11. The van der Waals surface area contributed by atoms with Crippen LogP contribution in [-0.4, -0.2) is 28.0 Å². The van der Waals surface area contributed by atoms with Gasteiger partial charge in [-0.3, -0.25) is 14.2 Å². The van der Waals surface area contributed by atoms with Gasteiger partial charge in [0.1, 0.15) is 22.8 Å². The number of ether oxygens (including phenoxy) is 2. The van der Waals surface area contributed by atoms with E-state index in [-0.39, 0.29) is 35.0 Å². The second-order valence-corrected chi connectivity index (χ2v) is 6.48. The van der Waals surface area contributed by atoms with Crippen molar-refractivity contribution in [1.82, 2.24) is 9.55 Å². The normalized spacial score (nSPS) is 15.4. The maximum absolute atomic E-state index is 12.7. The van der Waals surface area contributed by atoms with Crippen LogP contribution in [0.4, 0.5) is 13.2 Å². The molecule has 144 valence electrons. The average molecular weight is 384 g/mol. The van der Waals surface area contributed by atoms with Gasteiger partial charge in [-0.05, 0) is 26.0 Å². The standard InChI is InChI=1S/C17H15F3N2O5/c1-16(2)14(24)12-9(26-3)5-4-8(13(12)27-16)7-22-11(23)6-10(17(18,19)20)21-15(22)25/h4-6H,7H2,1-3H3,(H,21,25). The molecule has 0 fully saturated rings. The third-order valence-corrected chi connectivity index (χ3v) is 4.21. The van der Waals surface area contributed by atoms with E-state index in [0.717, 1.165) is 0 Å². The molecule has 7 nitrogen and oxygen atoms in total. The Morgan fingerprint density at radius 3 is 2.44 bits per heavy atom. The molecule has 1 aliphatic heterocycles. The number of ketones is 1. The van der Waals surface area contributed by atoms with Gasteiger partial charge in [0, 0.05) is 11.6 Å². The summed E-state index contributed by atoms with van der Waals surface area (Å²) in [5.41, 5.74) is -4.50. The fraction of sp³-hybridized carbons (Fsp3) is 0.353. The number of rotatable bonds is 3. The topological polar surface area (TPSA) is 90.4 Å². The minimum Gasteiger partial charge on any atom is -0.496 e. The minimum atomic E-state index is -4.85. The van der Waals surface area contributed by atoms with Gasteiger partial charge >= 0.3 is 11.9 Å². The molecular weight excluding hydrogens is 369 g/mol. The number of alkyl halides is 3. The SMILES string of the molecule is COc1ccc(Cn2c(=O)cc(C(F)(F)F)[nH]c2=O)c2c1C(=O)C(C)(C)O2. The number of hydrogen-bond acceptors (Lipinski definition) is 5. The number of nitrogens with one attached hydrogen (secondary N) is 1. The first-order valence-electron chi connectivity index (χ1n) is 7.80. The van der Waals surface area contributed by atoms with Crippen LogP contribution in [0.3, 0.4) is 0 Å². The largest absolute Gasteiger partial charge is 0.496 e. The molecule has 0 atom stereocenters. The summed E-state index contributed by atoms with van der Waals surface area (Å²) < 4.78 is 49.6. The maximum Gasteiger partial charge on any atom is 0.431 e. The van der Waals surface area contributed by atoms with Crippen molar-refractivity contribution in [2.24, 2.45) is 0 Å². The molecule has 0 spiro atoms. The molecule has 27 heavy (non-hydrogen) atoms. The zero-order valence-corrected chi connectivity index (χ0v) is 14.6. The van der Waals surface area contributed by atoms with Crippen LogP contribution in [0, 0.1) is 0 Å². The summed E-state index contributed by atoms with van der Waals surface area (Å²) in [4.78, 5) is 38.2. The maximum atomic E-state index is 12.7. The lowest BCUT2D eigenvalue weighted by Crippen LogP contribution is -2.37. The van der Waals surface area contributed by atoms with Crippen LogP contribution in [0.2, 0.25) is 0 Å². The van der Waals surface area contributed by atoms with Crippen molar-refractivity contribution in [2.45, 2.75) is 32.2 Å². The van der Waals surface area contributed by atoms with Gasteiger partial charge < -0.3 is 14.5 Å². The first-order chi connectivity index (χ1) is 12.5. The zero-order chi connectivity index (χ0) is 20.1. The van der Waals surface area contributed by atoms with E-state index in [4.69, 9.17) is 9.47 Å². The number of H-pyrrole nitrogens is 1. The highest BCUT2D eigenvalue weighted by Crippen LogP contribution is 2.42. The first kappa shape index (κ1) is 18.7. The van der Waals surface area contributed by atoms with E-state index in [1.54, 1.807) is 18.8 Å². The highest BCUT2D eigenvalue weighted by atomic mass is 19.4. The van der Waals surface area contributed by atoms with Crippen LogP contribution in [0.15, 0.2) is 27.8 Å². The van der Waals surface area contributed by atoms with Crippen molar-refractivity contribution in [2.75, 3.05) is 7.11 Å². The fourth-order valence-corrected chi connectivity index (χ4v) is 2.83. The lowest BCUT2D eigenvalue weighted by atomic mass is 9.97. The first-order valence-corrected chi connectivity index (χ1v) is 7.80. The number of aromatic nitrogens is 2. The van der Waals surface area contributed by atoms with Crippen molar-refractivity contribution in [3.63, 3.8) is 0 Å². The molecule has 0 saturated heterocycles. The second kappa shape index (κ2) is 6.00. The number of fused-ring (bicyclic) bond motifs is 1. The van der Waals surface area contributed by atoms with Crippen LogP contribution in [-0.2, 0) is 12.7 Å². The van der Waals surface area contributed by atoms with E-state index < -0.39 is 28.7 Å². The van der Waals surface area contributed by atoms with E-state index in [1.807, 2.05) is 0 Å². The van der Waals surface area contributed by atoms with E-state index in [9.17, 15) is 27.6 Å². The Kier molecular flexibility index (Phi) is 4.16. The molecule has 2 aromatic rings. The smallest absolute Gasteiger partial charge is 0.431 e. The number of hydrogen-bond donors (Lipinski definition) is 1. The lowest BCUT2D eigenvalue weighted by Gasteiger charge is -2.16. The summed E-state index contributed by atoms with van der Waals surface area (Å²) >= 11 is 0. The molecule has 1 aromatic carbocycles. The molecule has 0 aliphatic carbocycles. The number of carbonyl (C=O) groups excluding carboxylic acids is 1. The van der Waals surface area contributed by atoms with Crippen molar-refractivity contribution in [3.8, 4) is 11.5 Å². The molecule has 1 aromatic heterocycles. The highest BCUT2D eigenvalue weighted by Gasteiger charge is 2.43. The Hall–Kier alpha value is -3.04. The molecule has 3 rings (SSSR count). The van der Waals surface area contributed by atoms with Gasteiger partial charge in [0.2, 0.25) is 5.78 Å². The number of benzene rings is 1. The highest BCUT2D eigenvalue weighted by molar-refractivity contribution is 6.09. The quantitative estimate of drug-likeness (QED) is 0.874. The summed E-state index contributed by atoms with van der Waals surface area (Å²) in [6.45, 7) is 2.73. The summed E-state index contributed by atoms with van der Waals surface area (Å²) in [5, 5.41) is 0. The Morgan fingerprint density at radius 2 is 1.89 bits per heavy atom. The van der Waals surface area contributed by atoms with Gasteiger partial charge in [-0.1, -0.05) is 0 Å². The summed E-state index contributed by atoms with van der Waals surface area (Å²) in [7, 11) is 1.37. The summed E-state index contributed by atoms with van der Waals surface area (Å²) in [6.07, 6.45) is -4.85. The zero-order valence-electron chi connectivity index (χ0n) is 14.6. The van der Waals surface area contributed by atoms with Crippen LogP contribution >= 0.6 is 0 Å². The Bertz CT molecular complexity index is 1020. The van der Waals surface area contributed by atoms with Gasteiger partial charge in [-0.2, -0.15) is 13.2 Å². The van der Waals surface area contributed by atoms with Gasteiger partial charge in [0.15, 0.2) is 5.60 Å². The number of carbonyl (C=O) groups is 1. The number of aromatic amines is 1. The van der Waals surface area contributed by atoms with Crippen molar-refractivity contribution in [3.05, 3.63) is 55.9 Å². The number of methoxy groups -OCH3 is 1. The molecule has 1 N–H and O–H groups in total. The van der Waals surface area contributed by atoms with Crippen molar-refractivity contribution in [1.29, 1.82) is 0 Å².